The fourth-order valence-corrected chi connectivity index (χ4v) is 8.03. The van der Waals surface area contributed by atoms with Gasteiger partial charge in [0.05, 0.1) is 32.6 Å². The first-order valence-electron chi connectivity index (χ1n) is 15.0. The van der Waals surface area contributed by atoms with E-state index in [4.69, 9.17) is 14.4 Å². The van der Waals surface area contributed by atoms with Crippen molar-refractivity contribution in [1.29, 1.82) is 0 Å². The molecule has 0 aliphatic heterocycles. The maximum atomic E-state index is 6.75. The second-order valence-corrected chi connectivity index (χ2v) is 12.4. The van der Waals surface area contributed by atoms with Gasteiger partial charge in [-0.2, -0.15) is 0 Å². The molecule has 0 unspecified atom stereocenters. The number of fused-ring (bicyclic) bond motifs is 9. The lowest BCUT2D eigenvalue weighted by Crippen LogP contribution is -1.95. The summed E-state index contributed by atoms with van der Waals surface area (Å²) < 4.78 is 11.4. The van der Waals surface area contributed by atoms with E-state index in [1.807, 2.05) is 18.2 Å². The Balaban J connectivity index is 1.28. The van der Waals surface area contributed by atoms with E-state index in [0.29, 0.717) is 5.82 Å². The van der Waals surface area contributed by atoms with Crippen LogP contribution in [-0.4, -0.2) is 14.5 Å². The Kier molecular flexibility index (Phi) is 5.12. The number of hydrogen-bond donors (Lipinski definition) is 0. The van der Waals surface area contributed by atoms with Crippen molar-refractivity contribution in [3.05, 3.63) is 140 Å². The first-order valence-corrected chi connectivity index (χ1v) is 15.8. The number of hydrogen-bond acceptors (Lipinski definition) is 4. The van der Waals surface area contributed by atoms with E-state index >= 15 is 0 Å². The lowest BCUT2D eigenvalue weighted by atomic mass is 10.0. The molecule has 0 saturated carbocycles. The van der Waals surface area contributed by atoms with Gasteiger partial charge in [0.15, 0.2) is 11.4 Å². The fraction of sp³-hybridized carbons (Fsp3) is 0. The average molecular weight is 594 g/mol. The molecule has 210 valence electrons. The molecule has 0 fully saturated rings. The van der Waals surface area contributed by atoms with Gasteiger partial charge in [0.1, 0.15) is 5.58 Å². The van der Waals surface area contributed by atoms with E-state index in [1.54, 1.807) is 11.3 Å². The second kappa shape index (κ2) is 9.36. The zero-order chi connectivity index (χ0) is 29.5. The summed E-state index contributed by atoms with van der Waals surface area (Å²) in [6.45, 7) is 0. The molecule has 4 aromatic heterocycles. The molecule has 0 radical (unpaired) electrons. The van der Waals surface area contributed by atoms with Crippen LogP contribution in [-0.2, 0) is 0 Å². The molecule has 4 nitrogen and oxygen atoms in total. The van der Waals surface area contributed by atoms with E-state index in [9.17, 15) is 0 Å². The van der Waals surface area contributed by atoms with E-state index in [-0.39, 0.29) is 0 Å². The van der Waals surface area contributed by atoms with Crippen LogP contribution in [0.25, 0.3) is 92.4 Å². The highest BCUT2D eigenvalue weighted by Crippen LogP contribution is 2.43. The van der Waals surface area contributed by atoms with E-state index in [0.717, 1.165) is 71.1 Å². The molecule has 0 amide bonds. The van der Waals surface area contributed by atoms with Crippen LogP contribution in [0.2, 0.25) is 0 Å². The minimum atomic E-state index is 0.695. The molecule has 5 heteroatoms. The smallest absolute Gasteiger partial charge is 0.161 e. The minimum Gasteiger partial charge on any atom is -0.454 e. The number of furan rings is 1. The lowest BCUT2D eigenvalue weighted by Gasteiger charge is -2.09. The molecule has 6 aromatic carbocycles. The number of aromatic nitrogens is 3. The predicted molar refractivity (Wildman–Crippen MR) is 187 cm³/mol. The van der Waals surface area contributed by atoms with Crippen molar-refractivity contribution in [3.8, 4) is 28.3 Å². The van der Waals surface area contributed by atoms with Crippen molar-refractivity contribution < 1.29 is 4.42 Å². The molecule has 45 heavy (non-hydrogen) atoms. The summed E-state index contributed by atoms with van der Waals surface area (Å²) >= 11 is 1.75. The van der Waals surface area contributed by atoms with Gasteiger partial charge in [-0.1, -0.05) is 109 Å². The maximum absolute atomic E-state index is 6.75. The van der Waals surface area contributed by atoms with Gasteiger partial charge in [0.25, 0.3) is 0 Å². The van der Waals surface area contributed by atoms with Crippen molar-refractivity contribution in [2.75, 3.05) is 0 Å². The van der Waals surface area contributed by atoms with Crippen molar-refractivity contribution in [2.45, 2.75) is 0 Å². The quantitative estimate of drug-likeness (QED) is 0.205. The molecule has 0 atom stereocenters. The molecular formula is C40H23N3OS. The van der Waals surface area contributed by atoms with Gasteiger partial charge in [-0.15, -0.1) is 11.3 Å². The highest BCUT2D eigenvalue weighted by molar-refractivity contribution is 7.26. The molecule has 0 saturated heterocycles. The Bertz CT molecular complexity index is 2720. The predicted octanol–water partition coefficient (Wildman–Crippen LogP) is 11.2. The van der Waals surface area contributed by atoms with Crippen LogP contribution in [0.1, 0.15) is 0 Å². The Morgan fingerprint density at radius 3 is 2.02 bits per heavy atom. The minimum absolute atomic E-state index is 0.695. The monoisotopic (exact) mass is 593 g/mol. The van der Waals surface area contributed by atoms with E-state index in [1.165, 1.54) is 15.5 Å². The molecule has 10 rings (SSSR count). The Hall–Kier alpha value is -5.78. The van der Waals surface area contributed by atoms with E-state index in [2.05, 4.69) is 126 Å². The van der Waals surface area contributed by atoms with Crippen LogP contribution < -0.4 is 0 Å². The van der Waals surface area contributed by atoms with Crippen molar-refractivity contribution in [2.24, 2.45) is 0 Å². The fourth-order valence-electron chi connectivity index (χ4n) is 6.88. The zero-order valence-corrected chi connectivity index (χ0v) is 24.8. The number of para-hydroxylation sites is 3. The standard InChI is InChI=1S/C40H23N3OS/c1-2-12-24(13-3-1)36-39-37(27-16-6-9-23-34(27)45-39)42-40(41-36)29-18-11-22-33-35(29)28-17-10-21-32(38(28)44-33)43-30-19-7-4-14-25(30)26-15-5-8-20-31(26)43/h1-23H. The molecule has 0 aliphatic carbocycles. The topological polar surface area (TPSA) is 43.9 Å². The van der Waals surface area contributed by atoms with Crippen LogP contribution in [0, 0.1) is 0 Å². The van der Waals surface area contributed by atoms with Gasteiger partial charge in [-0.05, 0) is 30.3 Å². The summed E-state index contributed by atoms with van der Waals surface area (Å²) in [4.78, 5) is 10.5. The summed E-state index contributed by atoms with van der Waals surface area (Å²) in [5.74, 6) is 0.695. The van der Waals surface area contributed by atoms with Gasteiger partial charge >= 0.3 is 0 Å². The van der Waals surface area contributed by atoms with Gasteiger partial charge in [0, 0.05) is 42.8 Å². The summed E-state index contributed by atoms with van der Waals surface area (Å²) in [7, 11) is 0. The molecule has 4 heterocycles. The number of rotatable bonds is 3. The number of nitrogens with zero attached hydrogens (tertiary/aromatic N) is 3. The summed E-state index contributed by atoms with van der Waals surface area (Å²) in [6, 6.07) is 48.7. The van der Waals surface area contributed by atoms with Crippen LogP contribution in [0.5, 0.6) is 0 Å². The SMILES string of the molecule is c1ccc(-c2nc(-c3cccc4oc5c(-n6c7ccccc7c7ccccc76)cccc5c34)nc3c2sc2ccccc23)cc1. The normalized spacial score (nSPS) is 12.0. The molecule has 0 aliphatic rings. The van der Waals surface area contributed by atoms with Crippen molar-refractivity contribution in [1.82, 2.24) is 14.5 Å². The summed E-state index contributed by atoms with van der Waals surface area (Å²) in [5.41, 5.74) is 8.94. The highest BCUT2D eigenvalue weighted by Gasteiger charge is 2.22. The van der Waals surface area contributed by atoms with Crippen LogP contribution >= 0.6 is 11.3 Å². The molecule has 0 bridgehead atoms. The zero-order valence-electron chi connectivity index (χ0n) is 23.9. The summed E-state index contributed by atoms with van der Waals surface area (Å²) in [5, 5.41) is 5.66. The highest BCUT2D eigenvalue weighted by atomic mass is 32.1. The molecule has 10 aromatic rings. The summed E-state index contributed by atoms with van der Waals surface area (Å²) in [6.07, 6.45) is 0. The molecule has 0 N–H and O–H groups in total. The number of thiophene rings is 1. The Morgan fingerprint density at radius 1 is 0.556 bits per heavy atom. The van der Waals surface area contributed by atoms with E-state index < -0.39 is 0 Å². The third-order valence-electron chi connectivity index (χ3n) is 8.83. The largest absolute Gasteiger partial charge is 0.454 e. The van der Waals surface area contributed by atoms with Gasteiger partial charge in [-0.3, -0.25) is 0 Å². The van der Waals surface area contributed by atoms with Gasteiger partial charge in [-0.25, -0.2) is 9.97 Å². The number of benzene rings is 6. The first kappa shape index (κ1) is 24.6. The Morgan fingerprint density at radius 2 is 1.22 bits per heavy atom. The van der Waals surface area contributed by atoms with Gasteiger partial charge in [0.2, 0.25) is 0 Å². The molecular weight excluding hydrogens is 571 g/mol. The maximum Gasteiger partial charge on any atom is 0.161 e. The van der Waals surface area contributed by atoms with Crippen molar-refractivity contribution in [3.63, 3.8) is 0 Å². The van der Waals surface area contributed by atoms with Gasteiger partial charge < -0.3 is 8.98 Å². The van der Waals surface area contributed by atoms with Crippen LogP contribution in [0.15, 0.2) is 144 Å². The van der Waals surface area contributed by atoms with Crippen LogP contribution in [0.3, 0.4) is 0 Å². The third kappa shape index (κ3) is 3.53. The second-order valence-electron chi connectivity index (χ2n) is 11.3. The van der Waals surface area contributed by atoms with Crippen LogP contribution in [0.4, 0.5) is 0 Å². The lowest BCUT2D eigenvalue weighted by molar-refractivity contribution is 0.666. The van der Waals surface area contributed by atoms with Crippen molar-refractivity contribution >= 4 is 75.4 Å². The Labute approximate surface area is 261 Å². The molecule has 0 spiro atoms. The first-order chi connectivity index (χ1) is 22.3. The average Bonchev–Trinajstić information content (AvgIpc) is 3.78. The third-order valence-corrected chi connectivity index (χ3v) is 10.00.